The summed E-state index contributed by atoms with van der Waals surface area (Å²) in [5, 5.41) is 8.94. The standard InChI is InChI=1S/C8H3Br2NO3S/c9-3-1-2-14-5(3)6-4(7(12)13)11-8(10)15-6/h1-2H,(H,12,13). The van der Waals surface area contributed by atoms with E-state index in [1.165, 1.54) is 17.6 Å². The normalized spacial score (nSPS) is 10.5. The summed E-state index contributed by atoms with van der Waals surface area (Å²) in [7, 11) is 0. The molecular weight excluding hydrogens is 350 g/mol. The van der Waals surface area contributed by atoms with Crippen LogP contribution in [0.4, 0.5) is 0 Å². The largest absolute Gasteiger partial charge is 0.476 e. The number of thiazole rings is 1. The van der Waals surface area contributed by atoms with E-state index >= 15 is 0 Å². The predicted octanol–water partition coefficient (Wildman–Crippen LogP) is 3.63. The second-order valence-electron chi connectivity index (χ2n) is 2.55. The number of carboxylic acids is 1. The molecule has 0 aromatic carbocycles. The third kappa shape index (κ3) is 1.99. The minimum Gasteiger partial charge on any atom is -0.476 e. The maximum Gasteiger partial charge on any atom is 0.356 e. The highest BCUT2D eigenvalue weighted by Gasteiger charge is 2.21. The topological polar surface area (TPSA) is 63.3 Å². The summed E-state index contributed by atoms with van der Waals surface area (Å²) in [5.41, 5.74) is -0.0116. The zero-order chi connectivity index (χ0) is 11.0. The Hall–Kier alpha value is -0.660. The van der Waals surface area contributed by atoms with Crippen molar-refractivity contribution in [3.63, 3.8) is 0 Å². The van der Waals surface area contributed by atoms with Crippen molar-refractivity contribution in [3.05, 3.63) is 26.4 Å². The average molecular weight is 353 g/mol. The van der Waals surface area contributed by atoms with E-state index in [9.17, 15) is 4.79 Å². The number of nitrogens with zero attached hydrogens (tertiary/aromatic N) is 1. The van der Waals surface area contributed by atoms with E-state index in [1.54, 1.807) is 6.07 Å². The van der Waals surface area contributed by atoms with Crippen LogP contribution in [0, 0.1) is 0 Å². The lowest BCUT2D eigenvalue weighted by molar-refractivity contribution is 0.0692. The number of halogens is 2. The number of carbonyl (C=O) groups is 1. The van der Waals surface area contributed by atoms with Crippen molar-refractivity contribution >= 4 is 49.2 Å². The lowest BCUT2D eigenvalue weighted by Gasteiger charge is -1.94. The molecule has 0 fully saturated rings. The number of furan rings is 1. The van der Waals surface area contributed by atoms with Crippen molar-refractivity contribution in [3.8, 4) is 10.6 Å². The first-order chi connectivity index (χ1) is 7.09. The fourth-order valence-corrected chi connectivity index (χ4v) is 3.03. The van der Waals surface area contributed by atoms with Gasteiger partial charge in [0, 0.05) is 0 Å². The summed E-state index contributed by atoms with van der Waals surface area (Å²) in [4.78, 5) is 15.3. The molecule has 0 unspecified atom stereocenters. The van der Waals surface area contributed by atoms with Gasteiger partial charge in [0.25, 0.3) is 0 Å². The maximum absolute atomic E-state index is 10.9. The number of rotatable bonds is 2. The molecule has 2 rings (SSSR count). The van der Waals surface area contributed by atoms with E-state index in [0.29, 0.717) is 19.0 Å². The molecule has 0 aliphatic rings. The summed E-state index contributed by atoms with van der Waals surface area (Å²) in [6, 6.07) is 1.70. The molecule has 78 valence electrons. The zero-order valence-electron chi connectivity index (χ0n) is 7.03. The highest BCUT2D eigenvalue weighted by molar-refractivity contribution is 9.11. The Morgan fingerprint density at radius 2 is 2.27 bits per heavy atom. The van der Waals surface area contributed by atoms with E-state index in [4.69, 9.17) is 9.52 Å². The first kappa shape index (κ1) is 10.8. The van der Waals surface area contributed by atoms with Crippen LogP contribution in [0.15, 0.2) is 25.1 Å². The molecule has 2 aromatic heterocycles. The third-order valence-corrected chi connectivity index (χ3v) is 3.76. The molecule has 2 aromatic rings. The van der Waals surface area contributed by atoms with Gasteiger partial charge in [0.15, 0.2) is 15.4 Å². The molecule has 0 saturated carbocycles. The predicted molar refractivity (Wildman–Crippen MR) is 62.2 cm³/mol. The molecule has 0 amide bonds. The molecule has 1 N–H and O–H groups in total. The average Bonchev–Trinajstić information content (AvgIpc) is 2.71. The third-order valence-electron chi connectivity index (χ3n) is 1.63. The Labute approximate surface area is 105 Å². The van der Waals surface area contributed by atoms with Crippen LogP contribution in [-0.4, -0.2) is 16.1 Å². The zero-order valence-corrected chi connectivity index (χ0v) is 11.0. The lowest BCUT2D eigenvalue weighted by Crippen LogP contribution is -1.98. The number of hydrogen-bond donors (Lipinski definition) is 1. The van der Waals surface area contributed by atoms with Crippen molar-refractivity contribution in [2.24, 2.45) is 0 Å². The van der Waals surface area contributed by atoms with Crippen LogP contribution in [0.3, 0.4) is 0 Å². The van der Waals surface area contributed by atoms with Crippen LogP contribution >= 0.6 is 43.2 Å². The van der Waals surface area contributed by atoms with Gasteiger partial charge in [-0.25, -0.2) is 9.78 Å². The van der Waals surface area contributed by atoms with E-state index in [2.05, 4.69) is 36.8 Å². The molecule has 0 saturated heterocycles. The van der Waals surface area contributed by atoms with Crippen molar-refractivity contribution in [2.45, 2.75) is 0 Å². The lowest BCUT2D eigenvalue weighted by atomic mass is 10.3. The monoisotopic (exact) mass is 351 g/mol. The molecule has 2 heterocycles. The molecule has 4 nitrogen and oxygen atoms in total. The van der Waals surface area contributed by atoms with Crippen LogP contribution in [0.2, 0.25) is 0 Å². The minimum absolute atomic E-state index is 0.0116. The quantitative estimate of drug-likeness (QED) is 0.896. The van der Waals surface area contributed by atoms with Crippen molar-refractivity contribution in [1.82, 2.24) is 4.98 Å². The Morgan fingerprint density at radius 1 is 1.53 bits per heavy atom. The number of hydrogen-bond acceptors (Lipinski definition) is 4. The highest BCUT2D eigenvalue weighted by Crippen LogP contribution is 2.37. The van der Waals surface area contributed by atoms with Crippen LogP contribution < -0.4 is 0 Å². The number of carboxylic acid groups (broad SMARTS) is 1. The first-order valence-electron chi connectivity index (χ1n) is 3.72. The Balaban J connectivity index is 2.62. The summed E-state index contributed by atoms with van der Waals surface area (Å²) < 4.78 is 6.42. The van der Waals surface area contributed by atoms with Gasteiger partial charge in [-0.05, 0) is 37.9 Å². The molecule has 0 aliphatic carbocycles. The van der Waals surface area contributed by atoms with Crippen LogP contribution in [-0.2, 0) is 0 Å². The summed E-state index contributed by atoms with van der Waals surface area (Å²) >= 11 is 7.64. The summed E-state index contributed by atoms with van der Waals surface area (Å²) in [5.74, 6) is -0.592. The van der Waals surface area contributed by atoms with Crippen molar-refractivity contribution in [2.75, 3.05) is 0 Å². The van der Waals surface area contributed by atoms with Gasteiger partial charge in [-0.2, -0.15) is 0 Å². The molecule has 0 spiro atoms. The molecule has 0 atom stereocenters. The van der Waals surface area contributed by atoms with Crippen LogP contribution in [0.1, 0.15) is 10.5 Å². The van der Waals surface area contributed by atoms with Gasteiger partial charge in [-0.3, -0.25) is 0 Å². The van der Waals surface area contributed by atoms with Gasteiger partial charge in [0.2, 0.25) is 0 Å². The molecular formula is C8H3Br2NO3S. The fraction of sp³-hybridized carbons (Fsp3) is 0. The fourth-order valence-electron chi connectivity index (χ4n) is 1.05. The first-order valence-corrected chi connectivity index (χ1v) is 6.13. The Bertz CT molecular complexity index is 520. The Kier molecular flexibility index (Phi) is 2.94. The minimum atomic E-state index is -1.07. The summed E-state index contributed by atoms with van der Waals surface area (Å²) in [6.45, 7) is 0. The van der Waals surface area contributed by atoms with E-state index in [0.717, 1.165) is 0 Å². The van der Waals surface area contributed by atoms with Gasteiger partial charge in [0.05, 0.1) is 10.7 Å². The highest BCUT2D eigenvalue weighted by atomic mass is 79.9. The SMILES string of the molecule is O=C(O)c1nc(Br)sc1-c1occc1Br. The molecule has 15 heavy (non-hydrogen) atoms. The summed E-state index contributed by atoms with van der Waals surface area (Å²) in [6.07, 6.45) is 1.48. The van der Waals surface area contributed by atoms with E-state index < -0.39 is 5.97 Å². The van der Waals surface area contributed by atoms with Gasteiger partial charge in [-0.15, -0.1) is 11.3 Å². The maximum atomic E-state index is 10.9. The number of aromatic carboxylic acids is 1. The second-order valence-corrected chi connectivity index (χ2v) is 5.68. The molecule has 0 aliphatic heterocycles. The molecule has 0 bridgehead atoms. The van der Waals surface area contributed by atoms with Gasteiger partial charge in [0.1, 0.15) is 4.88 Å². The van der Waals surface area contributed by atoms with E-state index in [1.807, 2.05) is 0 Å². The van der Waals surface area contributed by atoms with Crippen molar-refractivity contribution in [1.29, 1.82) is 0 Å². The molecule has 0 radical (unpaired) electrons. The van der Waals surface area contributed by atoms with Gasteiger partial charge < -0.3 is 9.52 Å². The Morgan fingerprint density at radius 3 is 2.80 bits per heavy atom. The number of aromatic nitrogens is 1. The molecule has 7 heteroatoms. The van der Waals surface area contributed by atoms with Crippen LogP contribution in [0.5, 0.6) is 0 Å². The van der Waals surface area contributed by atoms with Crippen LogP contribution in [0.25, 0.3) is 10.6 Å². The smallest absolute Gasteiger partial charge is 0.356 e. The second kappa shape index (κ2) is 4.07. The van der Waals surface area contributed by atoms with Gasteiger partial charge in [-0.1, -0.05) is 0 Å². The van der Waals surface area contributed by atoms with E-state index in [-0.39, 0.29) is 5.69 Å². The van der Waals surface area contributed by atoms with Crippen molar-refractivity contribution < 1.29 is 14.3 Å². The van der Waals surface area contributed by atoms with Gasteiger partial charge >= 0.3 is 5.97 Å².